The molecule has 1 aliphatic heterocycles. The van der Waals surface area contributed by atoms with Gasteiger partial charge in [-0.15, -0.1) is 0 Å². The van der Waals surface area contributed by atoms with E-state index < -0.39 is 11.9 Å². The summed E-state index contributed by atoms with van der Waals surface area (Å²) in [6, 6.07) is 3.86. The number of aliphatic hydroxyl groups is 1. The Morgan fingerprint density at radius 1 is 1.23 bits per heavy atom. The van der Waals surface area contributed by atoms with Gasteiger partial charge in [0.1, 0.15) is 11.5 Å². The summed E-state index contributed by atoms with van der Waals surface area (Å²) >= 11 is 0. The molecule has 166 valence electrons. The summed E-state index contributed by atoms with van der Waals surface area (Å²) in [6.45, 7) is 1.74. The minimum Gasteiger partial charge on any atom is -0.396 e. The van der Waals surface area contributed by atoms with Gasteiger partial charge in [0.2, 0.25) is 5.91 Å². The summed E-state index contributed by atoms with van der Waals surface area (Å²) in [5.41, 5.74) is -0.880. The number of aliphatic hydroxyl groups excluding tert-OH is 1. The number of halogens is 3. The highest BCUT2D eigenvalue weighted by molar-refractivity contribution is 5.76. The number of alkyl halides is 3. The van der Waals surface area contributed by atoms with Crippen molar-refractivity contribution in [3.05, 3.63) is 23.9 Å². The third kappa shape index (κ3) is 5.06. The fraction of sp³-hybridized carbons (Fsp3) is 0.714. The first-order valence-electron chi connectivity index (χ1n) is 10.6. The number of fused-ring (bicyclic) bond motifs is 1. The molecule has 0 bridgehead atoms. The Kier molecular flexibility index (Phi) is 6.20. The van der Waals surface area contributed by atoms with Gasteiger partial charge in [-0.25, -0.2) is 4.98 Å². The Morgan fingerprint density at radius 2 is 1.97 bits per heavy atom. The number of carbonyl (C=O) groups is 1. The van der Waals surface area contributed by atoms with E-state index in [-0.39, 0.29) is 42.9 Å². The molecule has 0 unspecified atom stereocenters. The van der Waals surface area contributed by atoms with E-state index in [1.54, 1.807) is 6.07 Å². The van der Waals surface area contributed by atoms with Crippen molar-refractivity contribution < 1.29 is 27.8 Å². The summed E-state index contributed by atoms with van der Waals surface area (Å²) in [4.78, 5) is 17.8. The van der Waals surface area contributed by atoms with Crippen LogP contribution in [0.25, 0.3) is 0 Å². The number of pyridine rings is 1. The van der Waals surface area contributed by atoms with Crippen molar-refractivity contribution in [1.29, 1.82) is 0 Å². The predicted molar refractivity (Wildman–Crippen MR) is 104 cm³/mol. The average molecular weight is 427 g/mol. The molecule has 2 saturated carbocycles. The zero-order valence-corrected chi connectivity index (χ0v) is 16.8. The standard InChI is InChI=1S/C21H28F3N3O3/c22-21(23,24)18-2-1-3-19(26-18)27-10-14-8-16(25-20(29)6-7-28)17(9-15(14)11-27)30-12-13-4-5-13/h1-3,13-17,28H,4-12H2,(H,25,29)/t14-,15+,16-,17-/m0/s1. The number of anilines is 1. The molecule has 0 spiro atoms. The van der Waals surface area contributed by atoms with Crippen LogP contribution in [0.15, 0.2) is 18.2 Å². The lowest BCUT2D eigenvalue weighted by Crippen LogP contribution is -2.50. The Labute approximate surface area is 173 Å². The molecule has 1 amide bonds. The van der Waals surface area contributed by atoms with Gasteiger partial charge in [0.15, 0.2) is 0 Å². The average Bonchev–Trinajstić information content (AvgIpc) is 3.43. The van der Waals surface area contributed by atoms with Crippen LogP contribution in [0.5, 0.6) is 0 Å². The lowest BCUT2D eigenvalue weighted by molar-refractivity contribution is -0.141. The molecule has 9 heteroatoms. The van der Waals surface area contributed by atoms with Gasteiger partial charge in [0, 0.05) is 26.1 Å². The quantitative estimate of drug-likeness (QED) is 0.700. The van der Waals surface area contributed by atoms with E-state index in [9.17, 15) is 18.0 Å². The highest BCUT2D eigenvalue weighted by Gasteiger charge is 2.44. The van der Waals surface area contributed by atoms with Crippen LogP contribution in [0, 0.1) is 17.8 Å². The van der Waals surface area contributed by atoms with Crippen LogP contribution in [-0.4, -0.2) is 54.4 Å². The molecule has 30 heavy (non-hydrogen) atoms. The molecule has 4 atom stereocenters. The molecule has 2 N–H and O–H groups in total. The molecule has 0 aromatic carbocycles. The molecule has 3 aliphatic rings. The summed E-state index contributed by atoms with van der Waals surface area (Å²) in [5, 5.41) is 12.0. The van der Waals surface area contributed by atoms with E-state index in [0.29, 0.717) is 37.9 Å². The van der Waals surface area contributed by atoms with Crippen molar-refractivity contribution in [2.75, 3.05) is 31.2 Å². The lowest BCUT2D eigenvalue weighted by atomic mass is 9.77. The second-order valence-corrected chi connectivity index (χ2v) is 8.74. The van der Waals surface area contributed by atoms with E-state index in [1.807, 2.05) is 4.90 Å². The zero-order valence-electron chi connectivity index (χ0n) is 16.8. The predicted octanol–water partition coefficient (Wildman–Crippen LogP) is 2.61. The van der Waals surface area contributed by atoms with Crippen LogP contribution in [0.3, 0.4) is 0 Å². The maximum atomic E-state index is 13.0. The van der Waals surface area contributed by atoms with Crippen LogP contribution >= 0.6 is 0 Å². The Hall–Kier alpha value is -1.87. The maximum absolute atomic E-state index is 13.0. The van der Waals surface area contributed by atoms with Crippen LogP contribution in [0.2, 0.25) is 0 Å². The maximum Gasteiger partial charge on any atom is 0.433 e. The van der Waals surface area contributed by atoms with E-state index in [0.717, 1.165) is 12.5 Å². The number of nitrogens with zero attached hydrogens (tertiary/aromatic N) is 2. The van der Waals surface area contributed by atoms with E-state index in [2.05, 4.69) is 10.3 Å². The first-order valence-corrected chi connectivity index (χ1v) is 10.6. The lowest BCUT2D eigenvalue weighted by Gasteiger charge is -2.38. The van der Waals surface area contributed by atoms with Gasteiger partial charge in [-0.05, 0) is 55.6 Å². The highest BCUT2D eigenvalue weighted by Crippen LogP contribution is 2.40. The van der Waals surface area contributed by atoms with Crippen molar-refractivity contribution in [1.82, 2.24) is 10.3 Å². The van der Waals surface area contributed by atoms with Crippen LogP contribution in [0.4, 0.5) is 19.0 Å². The molecule has 1 saturated heterocycles. The van der Waals surface area contributed by atoms with Gasteiger partial charge in [0.25, 0.3) is 0 Å². The van der Waals surface area contributed by atoms with Crippen molar-refractivity contribution in [2.24, 2.45) is 17.8 Å². The number of ether oxygens (including phenoxy) is 1. The smallest absolute Gasteiger partial charge is 0.396 e. The van der Waals surface area contributed by atoms with Gasteiger partial charge in [-0.1, -0.05) is 6.07 Å². The number of hydrogen-bond acceptors (Lipinski definition) is 5. The number of rotatable bonds is 7. The molecular weight excluding hydrogens is 399 g/mol. The largest absolute Gasteiger partial charge is 0.433 e. The van der Waals surface area contributed by atoms with E-state index in [1.165, 1.54) is 18.9 Å². The highest BCUT2D eigenvalue weighted by atomic mass is 19.4. The zero-order chi connectivity index (χ0) is 21.3. The number of aromatic nitrogens is 1. The first kappa shape index (κ1) is 21.4. The summed E-state index contributed by atoms with van der Waals surface area (Å²) < 4.78 is 45.3. The molecule has 2 heterocycles. The number of nitrogens with one attached hydrogen (secondary N) is 1. The van der Waals surface area contributed by atoms with Gasteiger partial charge >= 0.3 is 6.18 Å². The third-order valence-electron chi connectivity index (χ3n) is 6.39. The molecule has 0 radical (unpaired) electrons. The summed E-state index contributed by atoms with van der Waals surface area (Å²) in [7, 11) is 0. The monoisotopic (exact) mass is 427 g/mol. The molecule has 3 fully saturated rings. The molecular formula is C21H28F3N3O3. The topological polar surface area (TPSA) is 74.7 Å². The SMILES string of the molecule is O=C(CCO)N[C@H]1C[C@H]2CN(c3cccc(C(F)(F)F)n3)C[C@H]2C[C@@H]1OCC1CC1. The molecule has 4 rings (SSSR count). The fourth-order valence-corrected chi connectivity index (χ4v) is 4.62. The fourth-order valence-electron chi connectivity index (χ4n) is 4.62. The van der Waals surface area contributed by atoms with Crippen LogP contribution in [-0.2, 0) is 15.7 Å². The molecule has 6 nitrogen and oxygen atoms in total. The number of hydrogen-bond donors (Lipinski definition) is 2. The van der Waals surface area contributed by atoms with Gasteiger partial charge in [0.05, 0.1) is 18.8 Å². The van der Waals surface area contributed by atoms with E-state index in [4.69, 9.17) is 9.84 Å². The number of carbonyl (C=O) groups excluding carboxylic acids is 1. The van der Waals surface area contributed by atoms with E-state index >= 15 is 0 Å². The second-order valence-electron chi connectivity index (χ2n) is 8.74. The third-order valence-corrected chi connectivity index (χ3v) is 6.39. The molecule has 1 aromatic rings. The summed E-state index contributed by atoms with van der Waals surface area (Å²) in [5.74, 6) is 1.29. The van der Waals surface area contributed by atoms with Crippen molar-refractivity contribution >= 4 is 11.7 Å². The van der Waals surface area contributed by atoms with Crippen LogP contribution < -0.4 is 10.2 Å². The van der Waals surface area contributed by atoms with Gasteiger partial charge < -0.3 is 20.1 Å². The second kappa shape index (κ2) is 8.70. The minimum atomic E-state index is -4.47. The number of amides is 1. The van der Waals surface area contributed by atoms with Crippen molar-refractivity contribution in [3.8, 4) is 0 Å². The van der Waals surface area contributed by atoms with Gasteiger partial charge in [-0.2, -0.15) is 13.2 Å². The van der Waals surface area contributed by atoms with Crippen molar-refractivity contribution in [2.45, 2.75) is 50.4 Å². The van der Waals surface area contributed by atoms with Gasteiger partial charge in [-0.3, -0.25) is 4.79 Å². The molecule has 1 aromatic heterocycles. The Morgan fingerprint density at radius 3 is 2.63 bits per heavy atom. The summed E-state index contributed by atoms with van der Waals surface area (Å²) in [6.07, 6.45) is -0.690. The van der Waals surface area contributed by atoms with Crippen LogP contribution in [0.1, 0.15) is 37.8 Å². The Balaban J connectivity index is 1.44. The van der Waals surface area contributed by atoms with Crippen molar-refractivity contribution in [3.63, 3.8) is 0 Å². The normalized spacial score (nSPS) is 29.0. The Bertz CT molecular complexity index is 757. The minimum absolute atomic E-state index is 0.0558. The first-order chi connectivity index (χ1) is 14.3. The molecule has 2 aliphatic carbocycles.